The number of esters is 1. The summed E-state index contributed by atoms with van der Waals surface area (Å²) in [5.41, 5.74) is 0. The van der Waals surface area contributed by atoms with Crippen LogP contribution in [0.2, 0.25) is 0 Å². The molecule has 0 radical (unpaired) electrons. The molecule has 0 aromatic rings. The first-order valence-corrected chi connectivity index (χ1v) is 8.89. The Bertz CT molecular complexity index is 468. The SMILES string of the molecule is CC(C)C1C(C)CCCC1OC(=O)[C@]1(O)O[C@H](CO)[C@@H](O)[C@H](O)[C@H]1O. The molecule has 8 nitrogen and oxygen atoms in total. The quantitative estimate of drug-likeness (QED) is 0.408. The average Bonchev–Trinajstić information content (AvgIpc) is 2.56. The van der Waals surface area contributed by atoms with Crippen LogP contribution in [-0.2, 0) is 14.3 Å². The minimum atomic E-state index is -2.84. The molecule has 1 saturated carbocycles. The van der Waals surface area contributed by atoms with Crippen LogP contribution >= 0.6 is 0 Å². The Balaban J connectivity index is 2.17. The third-order valence-corrected chi connectivity index (χ3v) is 5.52. The van der Waals surface area contributed by atoms with Crippen LogP contribution in [0.15, 0.2) is 0 Å². The van der Waals surface area contributed by atoms with Gasteiger partial charge in [-0.15, -0.1) is 0 Å². The highest BCUT2D eigenvalue weighted by Crippen LogP contribution is 2.38. The lowest BCUT2D eigenvalue weighted by atomic mass is 9.72. The maximum Gasteiger partial charge on any atom is 0.369 e. The summed E-state index contributed by atoms with van der Waals surface area (Å²) in [6.07, 6.45) is -4.88. The second-order valence-electron chi connectivity index (χ2n) is 7.63. The first kappa shape index (κ1) is 20.5. The van der Waals surface area contributed by atoms with Crippen molar-refractivity contribution in [1.29, 1.82) is 0 Å². The van der Waals surface area contributed by atoms with Crippen LogP contribution in [0, 0.1) is 17.8 Å². The van der Waals surface area contributed by atoms with Gasteiger partial charge in [0.25, 0.3) is 5.79 Å². The molecule has 2 rings (SSSR count). The molecule has 8 heteroatoms. The molecular formula is C17H30O8. The zero-order valence-electron chi connectivity index (χ0n) is 14.9. The Kier molecular flexibility index (Phi) is 6.45. The normalized spacial score (nSPS) is 45.4. The number of hydrogen-bond donors (Lipinski definition) is 5. The Morgan fingerprint density at radius 2 is 1.88 bits per heavy atom. The summed E-state index contributed by atoms with van der Waals surface area (Å²) in [7, 11) is 0. The molecule has 8 atom stereocenters. The maximum absolute atomic E-state index is 12.6. The predicted octanol–water partition coefficient (Wildman–Crippen LogP) is -0.847. The van der Waals surface area contributed by atoms with Crippen LogP contribution in [-0.4, -0.2) is 74.4 Å². The van der Waals surface area contributed by atoms with E-state index in [0.717, 1.165) is 12.8 Å². The highest BCUT2D eigenvalue weighted by Gasteiger charge is 2.59. The lowest BCUT2D eigenvalue weighted by Gasteiger charge is -2.45. The van der Waals surface area contributed by atoms with Crippen LogP contribution in [0.1, 0.15) is 40.0 Å². The van der Waals surface area contributed by atoms with E-state index in [-0.39, 0.29) is 11.8 Å². The number of aliphatic hydroxyl groups is 5. The molecule has 1 saturated heterocycles. The Morgan fingerprint density at radius 1 is 1.24 bits per heavy atom. The lowest BCUT2D eigenvalue weighted by Crippen LogP contribution is -2.68. The Morgan fingerprint density at radius 3 is 2.44 bits per heavy atom. The molecule has 5 N–H and O–H groups in total. The molecule has 1 aliphatic heterocycles. The molecule has 2 aliphatic rings. The van der Waals surface area contributed by atoms with Crippen molar-refractivity contribution in [2.45, 2.75) is 76.3 Å². The van der Waals surface area contributed by atoms with Crippen molar-refractivity contribution in [3.8, 4) is 0 Å². The zero-order chi connectivity index (χ0) is 18.9. The third kappa shape index (κ3) is 3.84. The molecule has 146 valence electrons. The van der Waals surface area contributed by atoms with Crippen LogP contribution in [0.4, 0.5) is 0 Å². The van der Waals surface area contributed by atoms with Gasteiger partial charge in [0.05, 0.1) is 6.61 Å². The summed E-state index contributed by atoms with van der Waals surface area (Å²) in [6.45, 7) is 5.43. The van der Waals surface area contributed by atoms with Crippen LogP contribution in [0.5, 0.6) is 0 Å². The van der Waals surface area contributed by atoms with Gasteiger partial charge < -0.3 is 35.0 Å². The van der Waals surface area contributed by atoms with E-state index in [1.54, 1.807) is 0 Å². The van der Waals surface area contributed by atoms with Gasteiger partial charge in [0.15, 0.2) is 0 Å². The summed E-state index contributed by atoms with van der Waals surface area (Å²) in [4.78, 5) is 12.6. The van der Waals surface area contributed by atoms with E-state index in [4.69, 9.17) is 9.47 Å². The number of ether oxygens (including phenoxy) is 2. The minimum absolute atomic E-state index is 0.103. The van der Waals surface area contributed by atoms with Gasteiger partial charge in [-0.3, -0.25) is 0 Å². The predicted molar refractivity (Wildman–Crippen MR) is 86.2 cm³/mol. The van der Waals surface area contributed by atoms with Crippen molar-refractivity contribution in [1.82, 2.24) is 0 Å². The Labute approximate surface area is 147 Å². The first-order chi connectivity index (χ1) is 11.6. The molecule has 1 heterocycles. The fourth-order valence-corrected chi connectivity index (χ4v) is 4.16. The van der Waals surface area contributed by atoms with Crippen LogP contribution in [0.3, 0.4) is 0 Å². The fraction of sp³-hybridized carbons (Fsp3) is 0.941. The molecule has 1 aliphatic carbocycles. The van der Waals surface area contributed by atoms with E-state index in [0.29, 0.717) is 12.3 Å². The van der Waals surface area contributed by atoms with E-state index < -0.39 is 48.9 Å². The molecule has 3 unspecified atom stereocenters. The summed E-state index contributed by atoms with van der Waals surface area (Å²) in [5, 5.41) is 49.3. The van der Waals surface area contributed by atoms with Crippen molar-refractivity contribution in [3.05, 3.63) is 0 Å². The molecule has 0 aromatic heterocycles. The van der Waals surface area contributed by atoms with Gasteiger partial charge in [-0.2, -0.15) is 0 Å². The summed E-state index contributed by atoms with van der Waals surface area (Å²) in [5.74, 6) is -3.34. The molecule has 0 amide bonds. The zero-order valence-corrected chi connectivity index (χ0v) is 14.9. The van der Waals surface area contributed by atoms with E-state index in [2.05, 4.69) is 6.92 Å². The van der Waals surface area contributed by atoms with Gasteiger partial charge in [0.1, 0.15) is 30.5 Å². The van der Waals surface area contributed by atoms with Gasteiger partial charge in [-0.25, -0.2) is 4.79 Å². The molecule has 0 spiro atoms. The smallest absolute Gasteiger partial charge is 0.369 e. The number of carbonyl (C=O) groups excluding carboxylic acids is 1. The largest absolute Gasteiger partial charge is 0.458 e. The standard InChI is InChI=1S/C17H30O8/c1-8(2)12-9(3)5-4-6-10(12)24-16(22)17(23)15(21)14(20)13(19)11(7-18)25-17/h8-15,18-21,23H,4-7H2,1-3H3/t9?,10?,11-,12?,13-,14+,15-,17-/m1/s1. The third-order valence-electron chi connectivity index (χ3n) is 5.52. The summed E-state index contributed by atoms with van der Waals surface area (Å²) < 4.78 is 10.5. The highest BCUT2D eigenvalue weighted by atomic mass is 16.7. The van der Waals surface area contributed by atoms with Gasteiger partial charge in [-0.05, 0) is 24.7 Å². The number of carbonyl (C=O) groups is 1. The first-order valence-electron chi connectivity index (χ1n) is 8.89. The maximum atomic E-state index is 12.6. The van der Waals surface area contributed by atoms with Gasteiger partial charge in [0, 0.05) is 5.92 Å². The second-order valence-corrected chi connectivity index (χ2v) is 7.63. The minimum Gasteiger partial charge on any atom is -0.458 e. The fourth-order valence-electron chi connectivity index (χ4n) is 4.16. The van der Waals surface area contributed by atoms with Crippen molar-refractivity contribution < 1.29 is 39.8 Å². The number of hydrogen-bond acceptors (Lipinski definition) is 8. The summed E-state index contributed by atoms with van der Waals surface area (Å²) >= 11 is 0. The van der Waals surface area contributed by atoms with Crippen LogP contribution < -0.4 is 0 Å². The van der Waals surface area contributed by atoms with Crippen molar-refractivity contribution in [3.63, 3.8) is 0 Å². The molecular weight excluding hydrogens is 332 g/mol. The average molecular weight is 362 g/mol. The number of rotatable bonds is 4. The van der Waals surface area contributed by atoms with Gasteiger partial charge in [-0.1, -0.05) is 27.2 Å². The second kappa shape index (κ2) is 7.85. The van der Waals surface area contributed by atoms with Crippen molar-refractivity contribution >= 4 is 5.97 Å². The number of aliphatic hydroxyl groups excluding tert-OH is 4. The molecule has 25 heavy (non-hydrogen) atoms. The lowest BCUT2D eigenvalue weighted by molar-refractivity contribution is -0.341. The summed E-state index contributed by atoms with van der Waals surface area (Å²) in [6, 6.07) is 0. The van der Waals surface area contributed by atoms with E-state index in [9.17, 15) is 30.3 Å². The van der Waals surface area contributed by atoms with Gasteiger partial charge >= 0.3 is 5.97 Å². The molecule has 0 bridgehead atoms. The molecule has 2 fully saturated rings. The molecule has 0 aromatic carbocycles. The van der Waals surface area contributed by atoms with E-state index in [1.807, 2.05) is 13.8 Å². The van der Waals surface area contributed by atoms with E-state index >= 15 is 0 Å². The van der Waals surface area contributed by atoms with Crippen molar-refractivity contribution in [2.75, 3.05) is 6.61 Å². The van der Waals surface area contributed by atoms with Gasteiger partial charge in [0.2, 0.25) is 0 Å². The topological polar surface area (TPSA) is 137 Å². The monoisotopic (exact) mass is 362 g/mol. The Hall–Kier alpha value is -0.770. The van der Waals surface area contributed by atoms with Crippen molar-refractivity contribution in [2.24, 2.45) is 17.8 Å². The highest BCUT2D eigenvalue weighted by molar-refractivity contribution is 5.79. The van der Waals surface area contributed by atoms with Crippen LogP contribution in [0.25, 0.3) is 0 Å². The van der Waals surface area contributed by atoms with E-state index in [1.165, 1.54) is 0 Å².